The van der Waals surface area contributed by atoms with Gasteiger partial charge in [0.05, 0.1) is 17.9 Å². The van der Waals surface area contributed by atoms with E-state index in [2.05, 4.69) is 10.6 Å². The maximum atomic E-state index is 12.6. The van der Waals surface area contributed by atoms with Crippen LogP contribution in [0.5, 0.6) is 5.75 Å². The van der Waals surface area contributed by atoms with Crippen LogP contribution in [0.1, 0.15) is 53.5 Å². The number of rotatable bonds is 7. The third kappa shape index (κ3) is 4.85. The summed E-state index contributed by atoms with van der Waals surface area (Å²) in [7, 11) is 0. The SMILES string of the molecule is CCOc1ccc(C(=O)Nc2ccccc2C(=O)N[C@@H](C)CC)cc1C. The Kier molecular flexibility index (Phi) is 6.78. The molecule has 0 saturated heterocycles. The van der Waals surface area contributed by atoms with Gasteiger partial charge in [0.2, 0.25) is 0 Å². The quantitative estimate of drug-likeness (QED) is 0.784. The molecule has 138 valence electrons. The second-order valence-electron chi connectivity index (χ2n) is 6.20. The Morgan fingerprint density at radius 2 is 1.81 bits per heavy atom. The molecule has 0 spiro atoms. The molecule has 0 heterocycles. The van der Waals surface area contributed by atoms with Crippen LogP contribution in [0.3, 0.4) is 0 Å². The van der Waals surface area contributed by atoms with Crippen LogP contribution >= 0.6 is 0 Å². The molecule has 0 aromatic heterocycles. The summed E-state index contributed by atoms with van der Waals surface area (Å²) in [5.74, 6) is 0.301. The molecule has 2 amide bonds. The van der Waals surface area contributed by atoms with Gasteiger partial charge < -0.3 is 15.4 Å². The smallest absolute Gasteiger partial charge is 0.255 e. The first kappa shape index (κ1) is 19.5. The minimum atomic E-state index is -0.264. The fourth-order valence-corrected chi connectivity index (χ4v) is 2.50. The molecule has 0 bridgehead atoms. The molecule has 0 aliphatic rings. The summed E-state index contributed by atoms with van der Waals surface area (Å²) in [6.45, 7) is 8.34. The van der Waals surface area contributed by atoms with Gasteiger partial charge in [-0.1, -0.05) is 19.1 Å². The summed E-state index contributed by atoms with van der Waals surface area (Å²) < 4.78 is 5.50. The zero-order valence-electron chi connectivity index (χ0n) is 15.8. The van der Waals surface area contributed by atoms with Crippen LogP contribution in [0.15, 0.2) is 42.5 Å². The Hall–Kier alpha value is -2.82. The standard InChI is InChI=1S/C21H26N2O3/c1-5-15(4)22-21(25)17-9-7-8-10-18(17)23-20(24)16-11-12-19(26-6-2)14(3)13-16/h7-13,15H,5-6H2,1-4H3,(H,22,25)(H,23,24)/t15-/m0/s1. The molecular weight excluding hydrogens is 328 g/mol. The molecule has 0 saturated carbocycles. The average Bonchev–Trinajstić information content (AvgIpc) is 2.63. The van der Waals surface area contributed by atoms with Gasteiger partial charge >= 0.3 is 0 Å². The molecule has 26 heavy (non-hydrogen) atoms. The van der Waals surface area contributed by atoms with Crippen LogP contribution in [-0.2, 0) is 0 Å². The summed E-state index contributed by atoms with van der Waals surface area (Å²) >= 11 is 0. The Morgan fingerprint density at radius 1 is 1.08 bits per heavy atom. The van der Waals surface area contributed by atoms with Crippen LogP contribution in [0.2, 0.25) is 0 Å². The number of benzene rings is 2. The summed E-state index contributed by atoms with van der Waals surface area (Å²) in [4.78, 5) is 25.0. The molecule has 2 rings (SSSR count). The van der Waals surface area contributed by atoms with Crippen molar-refractivity contribution >= 4 is 17.5 Å². The summed E-state index contributed by atoms with van der Waals surface area (Å²) in [6, 6.07) is 12.4. The van der Waals surface area contributed by atoms with Gasteiger partial charge in [-0.2, -0.15) is 0 Å². The van der Waals surface area contributed by atoms with Gasteiger partial charge in [0.25, 0.3) is 11.8 Å². The molecule has 2 aromatic rings. The van der Waals surface area contributed by atoms with Crippen molar-refractivity contribution in [3.8, 4) is 5.75 Å². The van der Waals surface area contributed by atoms with E-state index in [0.717, 1.165) is 17.7 Å². The second kappa shape index (κ2) is 9.04. The number of para-hydroxylation sites is 1. The monoisotopic (exact) mass is 354 g/mol. The second-order valence-corrected chi connectivity index (χ2v) is 6.20. The Morgan fingerprint density at radius 3 is 2.46 bits per heavy atom. The van der Waals surface area contributed by atoms with Crippen LogP contribution in [0.25, 0.3) is 0 Å². The minimum Gasteiger partial charge on any atom is -0.494 e. The predicted octanol–water partition coefficient (Wildman–Crippen LogP) is 4.17. The van der Waals surface area contributed by atoms with Gasteiger partial charge in [-0.05, 0) is 63.1 Å². The van der Waals surface area contributed by atoms with Gasteiger partial charge in [-0.3, -0.25) is 9.59 Å². The fourth-order valence-electron chi connectivity index (χ4n) is 2.50. The van der Waals surface area contributed by atoms with Crippen molar-refractivity contribution in [2.75, 3.05) is 11.9 Å². The van der Waals surface area contributed by atoms with Crippen LogP contribution < -0.4 is 15.4 Å². The maximum Gasteiger partial charge on any atom is 0.255 e. The van der Waals surface area contributed by atoms with Gasteiger partial charge in [0, 0.05) is 11.6 Å². The topological polar surface area (TPSA) is 67.4 Å². The lowest BCUT2D eigenvalue weighted by Gasteiger charge is -2.15. The zero-order chi connectivity index (χ0) is 19.1. The number of nitrogens with one attached hydrogen (secondary N) is 2. The molecular formula is C21H26N2O3. The van der Waals surface area contributed by atoms with E-state index in [4.69, 9.17) is 4.74 Å². The molecule has 2 N–H and O–H groups in total. The molecule has 1 atom stereocenters. The van der Waals surface area contributed by atoms with E-state index in [9.17, 15) is 9.59 Å². The largest absolute Gasteiger partial charge is 0.494 e. The summed E-state index contributed by atoms with van der Waals surface area (Å²) in [6.07, 6.45) is 0.839. The molecule has 5 nitrogen and oxygen atoms in total. The molecule has 0 aliphatic heterocycles. The van der Waals surface area contributed by atoms with Gasteiger partial charge in [0.1, 0.15) is 5.75 Å². The lowest BCUT2D eigenvalue weighted by molar-refractivity contribution is 0.0940. The molecule has 0 aliphatic carbocycles. The number of ether oxygens (including phenoxy) is 1. The highest BCUT2D eigenvalue weighted by Crippen LogP contribution is 2.21. The third-order valence-electron chi connectivity index (χ3n) is 4.15. The van der Waals surface area contributed by atoms with Crippen LogP contribution in [-0.4, -0.2) is 24.5 Å². The Labute approximate surface area is 154 Å². The van der Waals surface area contributed by atoms with Crippen molar-refractivity contribution in [2.24, 2.45) is 0 Å². The number of anilines is 1. The lowest BCUT2D eigenvalue weighted by atomic mass is 10.1. The van der Waals surface area contributed by atoms with E-state index in [1.54, 1.807) is 42.5 Å². The van der Waals surface area contributed by atoms with E-state index in [1.165, 1.54) is 0 Å². The molecule has 5 heteroatoms. The first-order chi connectivity index (χ1) is 12.5. The third-order valence-corrected chi connectivity index (χ3v) is 4.15. The van der Waals surface area contributed by atoms with E-state index in [-0.39, 0.29) is 17.9 Å². The minimum absolute atomic E-state index is 0.0695. The van der Waals surface area contributed by atoms with Crippen LogP contribution in [0.4, 0.5) is 5.69 Å². The highest BCUT2D eigenvalue weighted by Gasteiger charge is 2.16. The van der Waals surface area contributed by atoms with Gasteiger partial charge in [-0.25, -0.2) is 0 Å². The van der Waals surface area contributed by atoms with E-state index in [1.807, 2.05) is 27.7 Å². The zero-order valence-corrected chi connectivity index (χ0v) is 15.8. The van der Waals surface area contributed by atoms with E-state index in [0.29, 0.717) is 23.4 Å². The predicted molar refractivity (Wildman–Crippen MR) is 104 cm³/mol. The van der Waals surface area contributed by atoms with Crippen molar-refractivity contribution in [1.29, 1.82) is 0 Å². The number of amides is 2. The average molecular weight is 354 g/mol. The first-order valence-electron chi connectivity index (χ1n) is 8.90. The number of hydrogen-bond donors (Lipinski definition) is 2. The normalized spacial score (nSPS) is 11.5. The van der Waals surface area contributed by atoms with Crippen molar-refractivity contribution in [2.45, 2.75) is 40.2 Å². The Balaban J connectivity index is 2.19. The van der Waals surface area contributed by atoms with Gasteiger partial charge in [-0.15, -0.1) is 0 Å². The summed E-state index contributed by atoms with van der Waals surface area (Å²) in [5.41, 5.74) is 2.35. The first-order valence-corrected chi connectivity index (χ1v) is 8.90. The van der Waals surface area contributed by atoms with Crippen LogP contribution in [0, 0.1) is 6.92 Å². The number of carbonyl (C=O) groups excluding carboxylic acids is 2. The van der Waals surface area contributed by atoms with Crippen molar-refractivity contribution in [3.63, 3.8) is 0 Å². The summed E-state index contributed by atoms with van der Waals surface area (Å²) in [5, 5.41) is 5.76. The molecule has 0 radical (unpaired) electrons. The molecule has 0 fully saturated rings. The highest BCUT2D eigenvalue weighted by atomic mass is 16.5. The van der Waals surface area contributed by atoms with E-state index < -0.39 is 0 Å². The van der Waals surface area contributed by atoms with Gasteiger partial charge in [0.15, 0.2) is 0 Å². The van der Waals surface area contributed by atoms with Crippen molar-refractivity contribution < 1.29 is 14.3 Å². The fraction of sp³-hybridized carbons (Fsp3) is 0.333. The number of aryl methyl sites for hydroxylation is 1. The highest BCUT2D eigenvalue weighted by molar-refractivity contribution is 6.09. The Bertz CT molecular complexity index is 787. The van der Waals surface area contributed by atoms with Crippen molar-refractivity contribution in [1.82, 2.24) is 5.32 Å². The van der Waals surface area contributed by atoms with E-state index >= 15 is 0 Å². The number of hydrogen-bond acceptors (Lipinski definition) is 3. The molecule has 2 aromatic carbocycles. The number of carbonyl (C=O) groups is 2. The maximum absolute atomic E-state index is 12.6. The molecule has 0 unspecified atom stereocenters. The lowest BCUT2D eigenvalue weighted by Crippen LogP contribution is -2.32. The van der Waals surface area contributed by atoms with Crippen molar-refractivity contribution in [3.05, 3.63) is 59.2 Å².